The predicted molar refractivity (Wildman–Crippen MR) is 86.2 cm³/mol. The van der Waals surface area contributed by atoms with Crippen LogP contribution in [0.3, 0.4) is 0 Å². The zero-order valence-corrected chi connectivity index (χ0v) is 13.9. The second kappa shape index (κ2) is 6.49. The first-order chi connectivity index (χ1) is 10.9. The molecule has 6 nitrogen and oxygen atoms in total. The van der Waals surface area contributed by atoms with Crippen LogP contribution in [-0.2, 0) is 31.9 Å². The van der Waals surface area contributed by atoms with Gasteiger partial charge in [-0.2, -0.15) is 8.42 Å². The Labute approximate surface area is 136 Å². The van der Waals surface area contributed by atoms with Crippen LogP contribution in [0, 0.1) is 0 Å². The van der Waals surface area contributed by atoms with Crippen LogP contribution >= 0.6 is 0 Å². The Balaban J connectivity index is 1.64. The first-order valence-electron chi connectivity index (χ1n) is 7.90. The molecule has 1 aliphatic heterocycles. The summed E-state index contributed by atoms with van der Waals surface area (Å²) in [4.78, 5) is 12.1. The summed E-state index contributed by atoms with van der Waals surface area (Å²) in [6.07, 6.45) is 5.72. The molecular weight excluding hydrogens is 318 g/mol. The van der Waals surface area contributed by atoms with Crippen LogP contribution in [-0.4, -0.2) is 33.3 Å². The van der Waals surface area contributed by atoms with E-state index in [1.165, 1.54) is 24.0 Å². The van der Waals surface area contributed by atoms with Crippen molar-refractivity contribution in [2.24, 2.45) is 0 Å². The topological polar surface area (TPSA) is 81.7 Å². The Bertz CT molecular complexity index is 713. The van der Waals surface area contributed by atoms with E-state index in [0.717, 1.165) is 24.8 Å². The van der Waals surface area contributed by atoms with Crippen molar-refractivity contribution in [1.82, 2.24) is 0 Å². The molecule has 0 unspecified atom stereocenters. The number of ether oxygens (including phenoxy) is 1. The second-order valence-corrected chi connectivity index (χ2v) is 7.73. The maximum Gasteiger partial charge on any atom is 0.265 e. The molecule has 1 aliphatic carbocycles. The Morgan fingerprint density at radius 1 is 1.26 bits per heavy atom. The Morgan fingerprint density at radius 2 is 1.96 bits per heavy atom. The molecule has 2 aliphatic rings. The van der Waals surface area contributed by atoms with Crippen molar-refractivity contribution in [1.29, 1.82) is 0 Å². The number of hydrogen-bond donors (Lipinski definition) is 1. The van der Waals surface area contributed by atoms with E-state index in [2.05, 4.69) is 9.50 Å². The molecule has 0 aromatic heterocycles. The fourth-order valence-corrected chi connectivity index (χ4v) is 3.47. The van der Waals surface area contributed by atoms with Gasteiger partial charge in [-0.1, -0.05) is 0 Å². The van der Waals surface area contributed by atoms with Gasteiger partial charge in [-0.3, -0.25) is 8.98 Å². The third kappa shape index (κ3) is 4.03. The second-order valence-electron chi connectivity index (χ2n) is 6.09. The minimum atomic E-state index is -3.44. The molecule has 0 spiro atoms. The highest BCUT2D eigenvalue weighted by atomic mass is 32.2. The monoisotopic (exact) mass is 339 g/mol. The first-order valence-corrected chi connectivity index (χ1v) is 9.72. The van der Waals surface area contributed by atoms with Crippen molar-refractivity contribution in [2.45, 2.75) is 44.6 Å². The first kappa shape index (κ1) is 16.3. The number of hydrogen-bond acceptors (Lipinski definition) is 5. The van der Waals surface area contributed by atoms with Crippen molar-refractivity contribution < 1.29 is 22.1 Å². The van der Waals surface area contributed by atoms with Gasteiger partial charge >= 0.3 is 0 Å². The largest absolute Gasteiger partial charge is 0.478 e. The molecule has 0 saturated carbocycles. The van der Waals surface area contributed by atoms with Crippen molar-refractivity contribution in [3.63, 3.8) is 0 Å². The highest BCUT2D eigenvalue weighted by Gasteiger charge is 2.28. The highest BCUT2D eigenvalue weighted by molar-refractivity contribution is 7.85. The minimum absolute atomic E-state index is 0.0585. The summed E-state index contributed by atoms with van der Waals surface area (Å²) in [6, 6.07) is 4.05. The lowest BCUT2D eigenvalue weighted by atomic mass is 9.90. The summed E-state index contributed by atoms with van der Waals surface area (Å²) in [5.74, 6) is 0.520. The molecule has 0 bridgehead atoms. The van der Waals surface area contributed by atoms with E-state index >= 15 is 0 Å². The molecule has 0 fully saturated rings. The molecule has 7 heteroatoms. The van der Waals surface area contributed by atoms with Gasteiger partial charge in [0.15, 0.2) is 6.10 Å². The summed E-state index contributed by atoms with van der Waals surface area (Å²) in [6.45, 7) is 0.0585. The molecule has 3 rings (SSSR count). The maximum absolute atomic E-state index is 12.1. The Hall–Kier alpha value is -1.60. The average molecular weight is 339 g/mol. The van der Waals surface area contributed by atoms with Crippen LogP contribution in [0.15, 0.2) is 12.1 Å². The summed E-state index contributed by atoms with van der Waals surface area (Å²) in [5.41, 5.74) is 3.32. The third-order valence-corrected chi connectivity index (χ3v) is 4.77. The number of carbonyl (C=O) groups is 1. The standard InChI is InChI=1S/C16H21NO5S/c1-23(19,20)21-8-4-7-14-16(18)17-13-9-11-5-2-3-6-12(11)10-15(13)22-14/h9-10,14H,2-8H2,1H3,(H,17,18)/t14-/m1/s1. The van der Waals surface area contributed by atoms with Crippen molar-refractivity contribution >= 4 is 21.7 Å². The fraction of sp³-hybridized carbons (Fsp3) is 0.562. The summed E-state index contributed by atoms with van der Waals surface area (Å²) < 4.78 is 32.3. The summed E-state index contributed by atoms with van der Waals surface area (Å²) in [7, 11) is -3.44. The van der Waals surface area contributed by atoms with Gasteiger partial charge in [0.1, 0.15) is 5.75 Å². The number of anilines is 1. The van der Waals surface area contributed by atoms with Crippen LogP contribution in [0.25, 0.3) is 0 Å². The lowest BCUT2D eigenvalue weighted by molar-refractivity contribution is -0.123. The van der Waals surface area contributed by atoms with Gasteiger partial charge in [0.2, 0.25) is 0 Å². The maximum atomic E-state index is 12.1. The highest BCUT2D eigenvalue weighted by Crippen LogP contribution is 2.36. The molecule has 126 valence electrons. The molecule has 1 heterocycles. The Morgan fingerprint density at radius 3 is 2.65 bits per heavy atom. The number of rotatable bonds is 5. The van der Waals surface area contributed by atoms with Gasteiger partial charge in [0.25, 0.3) is 16.0 Å². The number of aryl methyl sites for hydroxylation is 2. The summed E-state index contributed by atoms with van der Waals surface area (Å²) >= 11 is 0. The predicted octanol–water partition coefficient (Wildman–Crippen LogP) is 2.02. The molecule has 1 aromatic carbocycles. The number of nitrogens with one attached hydrogen (secondary N) is 1. The van der Waals surface area contributed by atoms with Crippen molar-refractivity contribution in [2.75, 3.05) is 18.2 Å². The van der Waals surface area contributed by atoms with Gasteiger partial charge in [0, 0.05) is 0 Å². The van der Waals surface area contributed by atoms with Gasteiger partial charge in [-0.05, 0) is 61.8 Å². The normalized spacial score (nSPS) is 20.2. The van der Waals surface area contributed by atoms with Crippen LogP contribution in [0.5, 0.6) is 5.75 Å². The molecule has 0 saturated heterocycles. The van der Waals surface area contributed by atoms with Crippen LogP contribution < -0.4 is 10.1 Å². The zero-order chi connectivity index (χ0) is 16.4. The van der Waals surface area contributed by atoms with Crippen molar-refractivity contribution in [3.8, 4) is 5.75 Å². The minimum Gasteiger partial charge on any atom is -0.478 e. The van der Waals surface area contributed by atoms with E-state index in [4.69, 9.17) is 4.74 Å². The van der Waals surface area contributed by atoms with E-state index in [-0.39, 0.29) is 12.5 Å². The van der Waals surface area contributed by atoms with Crippen LogP contribution in [0.4, 0.5) is 5.69 Å². The lowest BCUT2D eigenvalue weighted by Gasteiger charge is -2.28. The molecule has 1 amide bonds. The molecule has 1 atom stereocenters. The SMILES string of the molecule is CS(=O)(=O)OCCC[C@H]1Oc2cc3c(cc2NC1=O)CCCC3. The lowest BCUT2D eigenvalue weighted by Crippen LogP contribution is -2.37. The molecule has 23 heavy (non-hydrogen) atoms. The zero-order valence-electron chi connectivity index (χ0n) is 13.1. The number of benzene rings is 1. The van der Waals surface area contributed by atoms with Crippen molar-refractivity contribution in [3.05, 3.63) is 23.3 Å². The molecule has 1 aromatic rings. The van der Waals surface area contributed by atoms with Crippen LogP contribution in [0.1, 0.15) is 36.8 Å². The van der Waals surface area contributed by atoms with E-state index < -0.39 is 16.2 Å². The summed E-state index contributed by atoms with van der Waals surface area (Å²) in [5, 5.41) is 2.89. The molecule has 0 radical (unpaired) electrons. The number of fused-ring (bicyclic) bond motifs is 2. The van der Waals surface area contributed by atoms with Crippen LogP contribution in [0.2, 0.25) is 0 Å². The average Bonchev–Trinajstić information content (AvgIpc) is 2.49. The van der Waals surface area contributed by atoms with E-state index in [9.17, 15) is 13.2 Å². The Kier molecular flexibility index (Phi) is 4.59. The molecular formula is C16H21NO5S. The number of amides is 1. The third-order valence-electron chi connectivity index (χ3n) is 4.17. The van der Waals surface area contributed by atoms with E-state index in [1.807, 2.05) is 12.1 Å². The smallest absolute Gasteiger partial charge is 0.265 e. The van der Waals surface area contributed by atoms with E-state index in [1.54, 1.807) is 0 Å². The van der Waals surface area contributed by atoms with Gasteiger partial charge in [-0.25, -0.2) is 0 Å². The quantitative estimate of drug-likeness (QED) is 0.656. The number of carbonyl (C=O) groups excluding carboxylic acids is 1. The van der Waals surface area contributed by atoms with Gasteiger partial charge in [0.05, 0.1) is 18.6 Å². The fourth-order valence-electron chi connectivity index (χ4n) is 3.05. The molecule has 1 N–H and O–H groups in total. The van der Waals surface area contributed by atoms with Gasteiger partial charge in [-0.15, -0.1) is 0 Å². The van der Waals surface area contributed by atoms with Gasteiger partial charge < -0.3 is 10.1 Å². The van der Waals surface area contributed by atoms with E-state index in [0.29, 0.717) is 18.6 Å².